The van der Waals surface area contributed by atoms with Crippen molar-refractivity contribution < 1.29 is 13.9 Å². The van der Waals surface area contributed by atoms with Crippen LogP contribution < -0.4 is 15.8 Å². The van der Waals surface area contributed by atoms with Crippen molar-refractivity contribution in [1.82, 2.24) is 5.32 Å². The SMILES string of the molecule is NC(=O)NC1(Oc2ccc(F)cc2)CCCCC1. The van der Waals surface area contributed by atoms with Gasteiger partial charge in [0.2, 0.25) is 0 Å². The average Bonchev–Trinajstić information content (AvgIpc) is 2.32. The van der Waals surface area contributed by atoms with Crippen LogP contribution in [0.15, 0.2) is 24.3 Å². The van der Waals surface area contributed by atoms with E-state index in [1.165, 1.54) is 12.1 Å². The number of amides is 2. The summed E-state index contributed by atoms with van der Waals surface area (Å²) in [5.41, 5.74) is 4.45. The second-order valence-electron chi connectivity index (χ2n) is 4.60. The Morgan fingerprint density at radius 2 is 1.83 bits per heavy atom. The molecule has 0 atom stereocenters. The summed E-state index contributed by atoms with van der Waals surface area (Å²) in [6, 6.07) is 5.16. The molecule has 98 valence electrons. The molecule has 0 spiro atoms. The van der Waals surface area contributed by atoms with Gasteiger partial charge in [0.25, 0.3) is 0 Å². The van der Waals surface area contributed by atoms with Crippen LogP contribution in [0.4, 0.5) is 9.18 Å². The highest BCUT2D eigenvalue weighted by atomic mass is 19.1. The van der Waals surface area contributed by atoms with Gasteiger partial charge in [-0.15, -0.1) is 0 Å². The number of halogens is 1. The number of benzene rings is 1. The van der Waals surface area contributed by atoms with Gasteiger partial charge in [-0.25, -0.2) is 9.18 Å². The van der Waals surface area contributed by atoms with Crippen molar-refractivity contribution in [2.45, 2.75) is 37.8 Å². The maximum atomic E-state index is 12.8. The van der Waals surface area contributed by atoms with Gasteiger partial charge in [0.15, 0.2) is 5.72 Å². The van der Waals surface area contributed by atoms with Gasteiger partial charge >= 0.3 is 6.03 Å². The van der Waals surface area contributed by atoms with Gasteiger partial charge in [-0.05, 0) is 37.1 Å². The van der Waals surface area contributed by atoms with E-state index in [0.29, 0.717) is 18.6 Å². The third-order valence-electron chi connectivity index (χ3n) is 3.14. The van der Waals surface area contributed by atoms with Crippen LogP contribution in [0.2, 0.25) is 0 Å². The summed E-state index contributed by atoms with van der Waals surface area (Å²) in [7, 11) is 0. The molecule has 2 amide bonds. The van der Waals surface area contributed by atoms with Crippen LogP contribution in [-0.4, -0.2) is 11.8 Å². The lowest BCUT2D eigenvalue weighted by molar-refractivity contribution is 0.00943. The second-order valence-corrected chi connectivity index (χ2v) is 4.60. The molecule has 18 heavy (non-hydrogen) atoms. The number of nitrogens with two attached hydrogens (primary N) is 1. The van der Waals surface area contributed by atoms with Gasteiger partial charge < -0.3 is 15.8 Å². The summed E-state index contributed by atoms with van der Waals surface area (Å²) >= 11 is 0. The molecular formula is C13H17FN2O2. The molecule has 0 aromatic heterocycles. The Balaban J connectivity index is 2.13. The summed E-state index contributed by atoms with van der Waals surface area (Å²) in [5.74, 6) is 0.218. The zero-order valence-electron chi connectivity index (χ0n) is 10.1. The first kappa shape index (κ1) is 12.7. The van der Waals surface area contributed by atoms with E-state index in [9.17, 15) is 9.18 Å². The molecule has 1 aliphatic carbocycles. The van der Waals surface area contributed by atoms with Crippen LogP contribution in [0, 0.1) is 5.82 Å². The monoisotopic (exact) mass is 252 g/mol. The standard InChI is InChI=1S/C13H17FN2O2/c14-10-4-6-11(7-5-10)18-13(16-12(15)17)8-2-1-3-9-13/h4-7H,1-3,8-9H2,(H3,15,16,17). The van der Waals surface area contributed by atoms with Gasteiger partial charge in [0.1, 0.15) is 11.6 Å². The third-order valence-corrected chi connectivity index (χ3v) is 3.14. The zero-order valence-corrected chi connectivity index (χ0v) is 10.1. The number of carbonyl (C=O) groups excluding carboxylic acids is 1. The van der Waals surface area contributed by atoms with E-state index in [0.717, 1.165) is 19.3 Å². The van der Waals surface area contributed by atoms with Crippen molar-refractivity contribution in [3.63, 3.8) is 0 Å². The molecule has 1 aromatic rings. The van der Waals surface area contributed by atoms with E-state index in [1.807, 2.05) is 0 Å². The number of carbonyl (C=O) groups is 1. The quantitative estimate of drug-likeness (QED) is 0.812. The number of ether oxygens (including phenoxy) is 1. The summed E-state index contributed by atoms with van der Waals surface area (Å²) in [6.45, 7) is 0. The van der Waals surface area contributed by atoms with Crippen molar-refractivity contribution in [2.24, 2.45) is 5.73 Å². The van der Waals surface area contributed by atoms with E-state index >= 15 is 0 Å². The minimum atomic E-state index is -0.748. The van der Waals surface area contributed by atoms with Crippen molar-refractivity contribution in [2.75, 3.05) is 0 Å². The van der Waals surface area contributed by atoms with Gasteiger partial charge in [-0.2, -0.15) is 0 Å². The Kier molecular flexibility index (Phi) is 3.69. The summed E-state index contributed by atoms with van der Waals surface area (Å²) in [4.78, 5) is 11.1. The van der Waals surface area contributed by atoms with Gasteiger partial charge in [0, 0.05) is 12.8 Å². The molecule has 1 aliphatic rings. The average molecular weight is 252 g/mol. The van der Waals surface area contributed by atoms with Crippen molar-refractivity contribution >= 4 is 6.03 Å². The molecular weight excluding hydrogens is 235 g/mol. The van der Waals surface area contributed by atoms with Crippen molar-refractivity contribution in [3.8, 4) is 5.75 Å². The molecule has 0 unspecified atom stereocenters. The molecule has 1 fully saturated rings. The van der Waals surface area contributed by atoms with Crippen LogP contribution in [0.1, 0.15) is 32.1 Å². The zero-order chi connectivity index (χ0) is 13.0. The topological polar surface area (TPSA) is 64.4 Å². The van der Waals surface area contributed by atoms with Crippen LogP contribution >= 0.6 is 0 Å². The molecule has 0 bridgehead atoms. The summed E-state index contributed by atoms with van der Waals surface area (Å²) in [6.07, 6.45) is 4.50. The summed E-state index contributed by atoms with van der Waals surface area (Å²) < 4.78 is 18.7. The second kappa shape index (κ2) is 5.25. The van der Waals surface area contributed by atoms with Gasteiger partial charge in [-0.3, -0.25) is 0 Å². The van der Waals surface area contributed by atoms with E-state index in [-0.39, 0.29) is 5.82 Å². The maximum absolute atomic E-state index is 12.8. The molecule has 1 saturated carbocycles. The number of nitrogens with one attached hydrogen (secondary N) is 1. The largest absolute Gasteiger partial charge is 0.468 e. The highest BCUT2D eigenvalue weighted by Gasteiger charge is 2.35. The first-order valence-electron chi connectivity index (χ1n) is 6.12. The van der Waals surface area contributed by atoms with Gasteiger partial charge in [0.05, 0.1) is 0 Å². The first-order valence-corrected chi connectivity index (χ1v) is 6.12. The molecule has 5 heteroatoms. The number of hydrogen-bond acceptors (Lipinski definition) is 2. The minimum Gasteiger partial charge on any atom is -0.468 e. The van der Waals surface area contributed by atoms with Crippen LogP contribution in [-0.2, 0) is 0 Å². The van der Waals surface area contributed by atoms with E-state index in [4.69, 9.17) is 10.5 Å². The van der Waals surface area contributed by atoms with Gasteiger partial charge in [-0.1, -0.05) is 6.42 Å². The fourth-order valence-electron chi connectivity index (χ4n) is 2.33. The van der Waals surface area contributed by atoms with E-state index in [2.05, 4.69) is 5.32 Å². The fraction of sp³-hybridized carbons (Fsp3) is 0.462. The Morgan fingerprint density at radius 3 is 2.39 bits per heavy atom. The lowest BCUT2D eigenvalue weighted by Gasteiger charge is -2.37. The highest BCUT2D eigenvalue weighted by Crippen LogP contribution is 2.31. The lowest BCUT2D eigenvalue weighted by Crippen LogP contribution is -2.55. The summed E-state index contributed by atoms with van der Waals surface area (Å²) in [5, 5.41) is 2.68. The fourth-order valence-corrected chi connectivity index (χ4v) is 2.33. The van der Waals surface area contributed by atoms with E-state index < -0.39 is 11.8 Å². The normalized spacial score (nSPS) is 18.1. The number of hydrogen-bond donors (Lipinski definition) is 2. The predicted octanol–water partition coefficient (Wildman–Crippen LogP) is 2.53. The molecule has 0 heterocycles. The Bertz CT molecular complexity index is 414. The Labute approximate surface area is 105 Å². The van der Waals surface area contributed by atoms with Crippen LogP contribution in [0.25, 0.3) is 0 Å². The van der Waals surface area contributed by atoms with Crippen molar-refractivity contribution in [1.29, 1.82) is 0 Å². The lowest BCUT2D eigenvalue weighted by atomic mass is 9.91. The van der Waals surface area contributed by atoms with Crippen LogP contribution in [0.3, 0.4) is 0 Å². The first-order chi connectivity index (χ1) is 8.60. The Morgan fingerprint density at radius 1 is 1.22 bits per heavy atom. The number of primary amides is 1. The molecule has 0 saturated heterocycles. The number of urea groups is 1. The number of rotatable bonds is 3. The Hall–Kier alpha value is -1.78. The minimum absolute atomic E-state index is 0.317. The highest BCUT2D eigenvalue weighted by molar-refractivity contribution is 5.72. The molecule has 0 aliphatic heterocycles. The molecule has 4 nitrogen and oxygen atoms in total. The maximum Gasteiger partial charge on any atom is 0.315 e. The van der Waals surface area contributed by atoms with Crippen molar-refractivity contribution in [3.05, 3.63) is 30.1 Å². The molecule has 1 aromatic carbocycles. The van der Waals surface area contributed by atoms with Crippen LogP contribution in [0.5, 0.6) is 5.75 Å². The molecule has 0 radical (unpaired) electrons. The van der Waals surface area contributed by atoms with E-state index in [1.54, 1.807) is 12.1 Å². The predicted molar refractivity (Wildman–Crippen MR) is 65.6 cm³/mol. The molecule has 3 N–H and O–H groups in total. The molecule has 2 rings (SSSR count). The third kappa shape index (κ3) is 3.12. The smallest absolute Gasteiger partial charge is 0.315 e.